The van der Waals surface area contributed by atoms with E-state index in [-0.39, 0.29) is 6.61 Å². The molecule has 0 radical (unpaired) electrons. The van der Waals surface area contributed by atoms with E-state index in [1.165, 1.54) is 6.21 Å². The Hall–Kier alpha value is -3.65. The molecule has 3 rings (SSSR count). The molecule has 0 aliphatic rings. The van der Waals surface area contributed by atoms with Crippen LogP contribution < -0.4 is 19.6 Å². The normalized spacial score (nSPS) is 10.6. The van der Waals surface area contributed by atoms with Gasteiger partial charge in [-0.25, -0.2) is 10.2 Å². The molecule has 0 spiro atoms. The van der Waals surface area contributed by atoms with Crippen LogP contribution in [0.5, 0.6) is 17.2 Å². The quantitative estimate of drug-likeness (QED) is 0.191. The summed E-state index contributed by atoms with van der Waals surface area (Å²) in [6, 6.07) is 19.2. The molecule has 0 saturated heterocycles. The van der Waals surface area contributed by atoms with Crippen molar-refractivity contribution in [3.63, 3.8) is 0 Å². The highest BCUT2D eigenvalue weighted by Gasteiger charge is 2.12. The number of hydrogen-bond donors (Lipinski definition) is 1. The van der Waals surface area contributed by atoms with Gasteiger partial charge in [0, 0.05) is 10.0 Å². The second-order valence-corrected chi connectivity index (χ2v) is 7.79. The van der Waals surface area contributed by atoms with Gasteiger partial charge in [0.2, 0.25) is 0 Å². The molecule has 7 nitrogen and oxygen atoms in total. The highest BCUT2D eigenvalue weighted by atomic mass is 79.9. The van der Waals surface area contributed by atoms with E-state index in [1.807, 2.05) is 32.0 Å². The summed E-state index contributed by atoms with van der Waals surface area (Å²) in [5.41, 5.74) is 4.22. The van der Waals surface area contributed by atoms with E-state index in [2.05, 4.69) is 26.5 Å². The third kappa shape index (κ3) is 7.18. The number of carbonyl (C=O) groups excluding carboxylic acids is 2. The van der Waals surface area contributed by atoms with Crippen LogP contribution >= 0.6 is 15.9 Å². The monoisotopic (exact) mass is 510 g/mol. The van der Waals surface area contributed by atoms with Gasteiger partial charge in [0.05, 0.1) is 18.4 Å². The van der Waals surface area contributed by atoms with Crippen LogP contribution in [0.4, 0.5) is 0 Å². The molecule has 0 atom stereocenters. The molecular weight excluding hydrogens is 488 g/mol. The zero-order valence-corrected chi connectivity index (χ0v) is 19.8. The van der Waals surface area contributed by atoms with E-state index >= 15 is 0 Å². The van der Waals surface area contributed by atoms with Gasteiger partial charge in [-0.2, -0.15) is 5.10 Å². The molecule has 0 aliphatic carbocycles. The molecular formula is C25H23BrN2O5. The summed E-state index contributed by atoms with van der Waals surface area (Å²) in [4.78, 5) is 24.6. The summed E-state index contributed by atoms with van der Waals surface area (Å²) < 4.78 is 17.2. The molecule has 0 fully saturated rings. The van der Waals surface area contributed by atoms with Crippen LogP contribution in [0.2, 0.25) is 0 Å². The van der Waals surface area contributed by atoms with Crippen molar-refractivity contribution in [3.8, 4) is 17.2 Å². The Morgan fingerprint density at radius 2 is 1.76 bits per heavy atom. The van der Waals surface area contributed by atoms with Gasteiger partial charge >= 0.3 is 5.97 Å². The fourth-order valence-corrected chi connectivity index (χ4v) is 3.17. The number of nitrogens with one attached hydrogen (secondary N) is 1. The number of hydrogen-bond acceptors (Lipinski definition) is 6. The number of carbonyl (C=O) groups is 2. The van der Waals surface area contributed by atoms with Crippen LogP contribution in [-0.2, 0) is 4.79 Å². The summed E-state index contributed by atoms with van der Waals surface area (Å²) in [6.45, 7) is 4.15. The first-order valence-corrected chi connectivity index (χ1v) is 11.0. The van der Waals surface area contributed by atoms with Crippen molar-refractivity contribution >= 4 is 34.0 Å². The zero-order valence-electron chi connectivity index (χ0n) is 18.2. The van der Waals surface area contributed by atoms with Gasteiger partial charge in [0.15, 0.2) is 6.61 Å². The number of esters is 1. The lowest BCUT2D eigenvalue weighted by Crippen LogP contribution is -2.24. The SMILES string of the molecule is CCOc1ccc(C(=O)Oc2ccc(Br)cc2/C=N\NC(=O)COc2ccccc2C)cc1. The molecule has 0 heterocycles. The van der Waals surface area contributed by atoms with Gasteiger partial charge in [-0.3, -0.25) is 4.79 Å². The van der Waals surface area contributed by atoms with Gasteiger partial charge in [-0.15, -0.1) is 0 Å². The van der Waals surface area contributed by atoms with Crippen molar-refractivity contribution in [2.45, 2.75) is 13.8 Å². The van der Waals surface area contributed by atoms with Gasteiger partial charge in [-0.05, 0) is 67.9 Å². The summed E-state index contributed by atoms with van der Waals surface area (Å²) in [6.07, 6.45) is 1.40. The third-order valence-corrected chi connectivity index (χ3v) is 4.91. The average molecular weight is 511 g/mol. The van der Waals surface area contributed by atoms with Crippen molar-refractivity contribution < 1.29 is 23.8 Å². The summed E-state index contributed by atoms with van der Waals surface area (Å²) >= 11 is 3.39. The molecule has 0 aliphatic heterocycles. The minimum Gasteiger partial charge on any atom is -0.494 e. The van der Waals surface area contributed by atoms with Crippen molar-refractivity contribution in [3.05, 3.63) is 87.9 Å². The highest BCUT2D eigenvalue weighted by Crippen LogP contribution is 2.23. The van der Waals surface area contributed by atoms with Crippen LogP contribution in [0.25, 0.3) is 0 Å². The molecule has 33 heavy (non-hydrogen) atoms. The first kappa shape index (κ1) is 24.0. The second kappa shape index (κ2) is 11.8. The van der Waals surface area contributed by atoms with Crippen molar-refractivity contribution in [1.82, 2.24) is 5.43 Å². The van der Waals surface area contributed by atoms with E-state index < -0.39 is 11.9 Å². The summed E-state index contributed by atoms with van der Waals surface area (Å²) in [5, 5.41) is 3.96. The largest absolute Gasteiger partial charge is 0.494 e. The molecule has 3 aromatic carbocycles. The van der Waals surface area contributed by atoms with Gasteiger partial charge in [-0.1, -0.05) is 34.1 Å². The minimum atomic E-state index is -0.523. The van der Waals surface area contributed by atoms with Crippen LogP contribution in [0.3, 0.4) is 0 Å². The minimum absolute atomic E-state index is 0.180. The number of nitrogens with zero attached hydrogens (tertiary/aromatic N) is 1. The number of benzene rings is 3. The smallest absolute Gasteiger partial charge is 0.343 e. The number of halogens is 1. The molecule has 0 aromatic heterocycles. The molecule has 0 bridgehead atoms. The van der Waals surface area contributed by atoms with Crippen molar-refractivity contribution in [2.75, 3.05) is 13.2 Å². The first-order chi connectivity index (χ1) is 16.0. The molecule has 1 N–H and O–H groups in total. The lowest BCUT2D eigenvalue weighted by molar-refractivity contribution is -0.123. The lowest BCUT2D eigenvalue weighted by Gasteiger charge is -2.09. The Morgan fingerprint density at radius 3 is 2.48 bits per heavy atom. The third-order valence-electron chi connectivity index (χ3n) is 4.42. The number of hydrazone groups is 1. The lowest BCUT2D eigenvalue weighted by atomic mass is 10.2. The van der Waals surface area contributed by atoms with Crippen LogP contribution in [0.1, 0.15) is 28.4 Å². The van der Waals surface area contributed by atoms with Crippen LogP contribution in [0.15, 0.2) is 76.3 Å². The van der Waals surface area contributed by atoms with Crippen LogP contribution in [-0.4, -0.2) is 31.3 Å². The molecule has 1 amide bonds. The Labute approximate surface area is 200 Å². The zero-order chi connectivity index (χ0) is 23.6. The van der Waals surface area contributed by atoms with E-state index in [0.29, 0.717) is 35.0 Å². The standard InChI is InChI=1S/C25H23BrN2O5/c1-3-31-21-11-8-18(9-12-21)25(30)33-23-13-10-20(26)14-19(23)15-27-28-24(29)16-32-22-7-5-4-6-17(22)2/h4-15H,3,16H2,1-2H3,(H,28,29)/b27-15-. The maximum Gasteiger partial charge on any atom is 0.343 e. The Kier molecular flexibility index (Phi) is 8.60. The van der Waals surface area contributed by atoms with E-state index in [4.69, 9.17) is 14.2 Å². The molecule has 0 unspecified atom stereocenters. The molecule has 170 valence electrons. The highest BCUT2D eigenvalue weighted by molar-refractivity contribution is 9.10. The fourth-order valence-electron chi connectivity index (χ4n) is 2.79. The predicted octanol–water partition coefficient (Wildman–Crippen LogP) is 4.90. The maximum absolute atomic E-state index is 12.5. The van der Waals surface area contributed by atoms with E-state index in [1.54, 1.807) is 48.5 Å². The van der Waals surface area contributed by atoms with Crippen molar-refractivity contribution in [1.29, 1.82) is 0 Å². The Balaban J connectivity index is 1.61. The van der Waals surface area contributed by atoms with Gasteiger partial charge in [0.1, 0.15) is 17.2 Å². The topological polar surface area (TPSA) is 86.2 Å². The number of ether oxygens (including phenoxy) is 3. The summed E-state index contributed by atoms with van der Waals surface area (Å²) in [5.74, 6) is 0.661. The van der Waals surface area contributed by atoms with Gasteiger partial charge in [0.25, 0.3) is 5.91 Å². The number of rotatable bonds is 9. The Bertz CT molecular complexity index is 1150. The van der Waals surface area contributed by atoms with Crippen molar-refractivity contribution in [2.24, 2.45) is 5.10 Å². The van der Waals surface area contributed by atoms with Gasteiger partial charge < -0.3 is 14.2 Å². The predicted molar refractivity (Wildman–Crippen MR) is 129 cm³/mol. The Morgan fingerprint density at radius 1 is 1.00 bits per heavy atom. The van der Waals surface area contributed by atoms with E-state index in [0.717, 1.165) is 10.0 Å². The number of aryl methyl sites for hydroxylation is 1. The summed E-state index contributed by atoms with van der Waals surface area (Å²) in [7, 11) is 0. The first-order valence-electron chi connectivity index (χ1n) is 10.2. The average Bonchev–Trinajstić information content (AvgIpc) is 2.81. The van der Waals surface area contributed by atoms with E-state index in [9.17, 15) is 9.59 Å². The number of para-hydroxylation sites is 1. The number of amides is 1. The molecule has 0 saturated carbocycles. The molecule has 8 heteroatoms. The second-order valence-electron chi connectivity index (χ2n) is 6.88. The fraction of sp³-hybridized carbons (Fsp3) is 0.160. The van der Waals surface area contributed by atoms with Crippen LogP contribution in [0, 0.1) is 6.92 Å². The maximum atomic E-state index is 12.5. The molecule has 3 aromatic rings.